The number of rotatable bonds is 5. The van der Waals surface area contributed by atoms with Crippen molar-refractivity contribution in [2.75, 3.05) is 6.54 Å². The van der Waals surface area contributed by atoms with Gasteiger partial charge in [0.15, 0.2) is 0 Å². The Hall–Kier alpha value is -1.32. The van der Waals surface area contributed by atoms with Gasteiger partial charge in [-0.15, -0.1) is 0 Å². The lowest BCUT2D eigenvalue weighted by Crippen LogP contribution is -2.28. The molecule has 0 bridgehead atoms. The summed E-state index contributed by atoms with van der Waals surface area (Å²) in [7, 11) is 0. The summed E-state index contributed by atoms with van der Waals surface area (Å²) in [6.07, 6.45) is 6.36. The SMILES string of the molecule is OCc1ccc(CNCC2CCC=CO2)cc1. The molecule has 0 amide bonds. The van der Waals surface area contributed by atoms with Crippen molar-refractivity contribution >= 4 is 0 Å². The van der Waals surface area contributed by atoms with Crippen LogP contribution in [0.1, 0.15) is 24.0 Å². The average Bonchev–Trinajstić information content (AvgIpc) is 2.41. The second kappa shape index (κ2) is 6.42. The summed E-state index contributed by atoms with van der Waals surface area (Å²) >= 11 is 0. The van der Waals surface area contributed by atoms with E-state index in [-0.39, 0.29) is 6.61 Å². The molecule has 1 aromatic rings. The molecule has 1 aliphatic heterocycles. The number of hydrogen-bond acceptors (Lipinski definition) is 3. The second-order valence-electron chi connectivity index (χ2n) is 4.31. The van der Waals surface area contributed by atoms with E-state index in [1.807, 2.05) is 24.3 Å². The third kappa shape index (κ3) is 3.88. The Bertz CT molecular complexity index is 359. The van der Waals surface area contributed by atoms with Crippen LogP contribution < -0.4 is 5.32 Å². The molecule has 1 aliphatic rings. The van der Waals surface area contributed by atoms with Crippen molar-refractivity contribution in [3.63, 3.8) is 0 Å². The summed E-state index contributed by atoms with van der Waals surface area (Å²) in [5.74, 6) is 0. The predicted molar refractivity (Wildman–Crippen MR) is 67.3 cm³/mol. The summed E-state index contributed by atoms with van der Waals surface area (Å²) < 4.78 is 5.48. The van der Waals surface area contributed by atoms with E-state index in [2.05, 4.69) is 11.4 Å². The molecule has 0 fully saturated rings. The van der Waals surface area contributed by atoms with Gasteiger partial charge in [-0.3, -0.25) is 0 Å². The molecule has 0 aliphatic carbocycles. The lowest BCUT2D eigenvalue weighted by Gasteiger charge is -2.19. The Labute approximate surface area is 102 Å². The molecule has 17 heavy (non-hydrogen) atoms. The minimum Gasteiger partial charge on any atom is -0.497 e. The van der Waals surface area contributed by atoms with Gasteiger partial charge in [-0.1, -0.05) is 24.3 Å². The fourth-order valence-electron chi connectivity index (χ4n) is 1.88. The largest absolute Gasteiger partial charge is 0.497 e. The van der Waals surface area contributed by atoms with Crippen molar-refractivity contribution in [2.24, 2.45) is 0 Å². The molecule has 0 aromatic heterocycles. The van der Waals surface area contributed by atoms with Gasteiger partial charge in [0.05, 0.1) is 12.9 Å². The van der Waals surface area contributed by atoms with Crippen molar-refractivity contribution in [1.82, 2.24) is 5.32 Å². The van der Waals surface area contributed by atoms with Crippen LogP contribution in [0.25, 0.3) is 0 Å². The highest BCUT2D eigenvalue weighted by atomic mass is 16.5. The summed E-state index contributed by atoms with van der Waals surface area (Å²) in [5.41, 5.74) is 2.18. The minimum absolute atomic E-state index is 0.107. The van der Waals surface area contributed by atoms with Gasteiger partial charge in [-0.05, 0) is 30.0 Å². The van der Waals surface area contributed by atoms with E-state index in [1.165, 1.54) is 5.56 Å². The number of benzene rings is 1. The molecule has 1 atom stereocenters. The van der Waals surface area contributed by atoms with Crippen molar-refractivity contribution in [2.45, 2.75) is 32.1 Å². The Morgan fingerprint density at radius 2 is 2.00 bits per heavy atom. The van der Waals surface area contributed by atoms with Crippen LogP contribution in [0.15, 0.2) is 36.6 Å². The number of aliphatic hydroxyl groups is 1. The summed E-state index contributed by atoms with van der Waals surface area (Å²) in [5, 5.41) is 12.3. The molecule has 0 saturated carbocycles. The van der Waals surface area contributed by atoms with Crippen LogP contribution >= 0.6 is 0 Å². The van der Waals surface area contributed by atoms with Crippen LogP contribution in [0.3, 0.4) is 0 Å². The second-order valence-corrected chi connectivity index (χ2v) is 4.31. The molecule has 92 valence electrons. The van der Waals surface area contributed by atoms with Gasteiger partial charge in [0.1, 0.15) is 6.10 Å². The minimum atomic E-state index is 0.107. The van der Waals surface area contributed by atoms with Crippen LogP contribution in [0, 0.1) is 0 Å². The van der Waals surface area contributed by atoms with Gasteiger partial charge in [0.2, 0.25) is 0 Å². The molecule has 1 unspecified atom stereocenters. The van der Waals surface area contributed by atoms with Gasteiger partial charge >= 0.3 is 0 Å². The van der Waals surface area contributed by atoms with E-state index in [1.54, 1.807) is 6.26 Å². The zero-order valence-corrected chi connectivity index (χ0v) is 9.93. The molecular formula is C14H19NO2. The standard InChI is InChI=1S/C14H19NO2/c16-11-13-6-4-12(5-7-13)9-15-10-14-3-1-2-8-17-14/h2,4-8,14-16H,1,3,9-11H2. The van der Waals surface area contributed by atoms with Crippen molar-refractivity contribution in [3.05, 3.63) is 47.7 Å². The first kappa shape index (κ1) is 12.1. The van der Waals surface area contributed by atoms with Crippen molar-refractivity contribution in [3.8, 4) is 0 Å². The molecule has 2 rings (SSSR count). The van der Waals surface area contributed by atoms with Crippen LogP contribution in [0.2, 0.25) is 0 Å². The fourth-order valence-corrected chi connectivity index (χ4v) is 1.88. The molecule has 0 saturated heterocycles. The van der Waals surface area contributed by atoms with Gasteiger partial charge in [0.25, 0.3) is 0 Å². The van der Waals surface area contributed by atoms with Crippen LogP contribution in [0.4, 0.5) is 0 Å². The summed E-state index contributed by atoms with van der Waals surface area (Å²) in [6, 6.07) is 7.99. The van der Waals surface area contributed by atoms with Gasteiger partial charge in [-0.2, -0.15) is 0 Å². The topological polar surface area (TPSA) is 41.5 Å². The van der Waals surface area contributed by atoms with Crippen molar-refractivity contribution in [1.29, 1.82) is 0 Å². The summed E-state index contributed by atoms with van der Waals surface area (Å²) in [4.78, 5) is 0. The highest BCUT2D eigenvalue weighted by Crippen LogP contribution is 2.09. The molecule has 1 aromatic carbocycles. The number of aliphatic hydroxyl groups excluding tert-OH is 1. The van der Waals surface area contributed by atoms with E-state index in [0.717, 1.165) is 31.5 Å². The zero-order valence-electron chi connectivity index (χ0n) is 9.93. The predicted octanol–water partition coefficient (Wildman–Crippen LogP) is 1.96. The monoisotopic (exact) mass is 233 g/mol. The first-order chi connectivity index (χ1) is 8.38. The van der Waals surface area contributed by atoms with E-state index < -0.39 is 0 Å². The van der Waals surface area contributed by atoms with E-state index in [4.69, 9.17) is 9.84 Å². The summed E-state index contributed by atoms with van der Waals surface area (Å²) in [6.45, 7) is 1.83. The number of ether oxygens (including phenoxy) is 1. The third-order valence-electron chi connectivity index (χ3n) is 2.93. The third-order valence-corrected chi connectivity index (χ3v) is 2.93. The first-order valence-electron chi connectivity index (χ1n) is 6.08. The zero-order chi connectivity index (χ0) is 11.9. The number of hydrogen-bond donors (Lipinski definition) is 2. The van der Waals surface area contributed by atoms with Gasteiger partial charge in [0, 0.05) is 13.1 Å². The molecule has 3 nitrogen and oxygen atoms in total. The molecule has 0 spiro atoms. The van der Waals surface area contributed by atoms with Crippen LogP contribution in [-0.4, -0.2) is 17.8 Å². The Morgan fingerprint density at radius 1 is 1.24 bits per heavy atom. The molecule has 2 N–H and O–H groups in total. The van der Waals surface area contributed by atoms with Gasteiger partial charge in [-0.25, -0.2) is 0 Å². The number of allylic oxidation sites excluding steroid dienone is 1. The van der Waals surface area contributed by atoms with Crippen LogP contribution in [0.5, 0.6) is 0 Å². The maximum absolute atomic E-state index is 8.94. The van der Waals surface area contributed by atoms with E-state index in [0.29, 0.717) is 6.10 Å². The normalized spacial score (nSPS) is 19.0. The Morgan fingerprint density at radius 3 is 2.65 bits per heavy atom. The Balaban J connectivity index is 1.72. The number of nitrogens with one attached hydrogen (secondary N) is 1. The van der Waals surface area contributed by atoms with E-state index in [9.17, 15) is 0 Å². The maximum Gasteiger partial charge on any atom is 0.110 e. The average molecular weight is 233 g/mol. The molecule has 0 radical (unpaired) electrons. The van der Waals surface area contributed by atoms with Gasteiger partial charge < -0.3 is 15.2 Å². The smallest absolute Gasteiger partial charge is 0.110 e. The highest BCUT2D eigenvalue weighted by molar-refractivity contribution is 5.21. The van der Waals surface area contributed by atoms with Crippen LogP contribution in [-0.2, 0) is 17.9 Å². The molecule has 1 heterocycles. The maximum atomic E-state index is 8.94. The molecular weight excluding hydrogens is 214 g/mol. The quantitative estimate of drug-likeness (QED) is 0.817. The lowest BCUT2D eigenvalue weighted by molar-refractivity contribution is 0.122. The Kier molecular flexibility index (Phi) is 4.59. The van der Waals surface area contributed by atoms with E-state index >= 15 is 0 Å². The lowest BCUT2D eigenvalue weighted by atomic mass is 10.1. The van der Waals surface area contributed by atoms with Crippen molar-refractivity contribution < 1.29 is 9.84 Å². The fraction of sp³-hybridized carbons (Fsp3) is 0.429. The molecule has 3 heteroatoms. The first-order valence-corrected chi connectivity index (χ1v) is 6.08. The highest BCUT2D eigenvalue weighted by Gasteiger charge is 2.09.